The van der Waals surface area contributed by atoms with E-state index in [1.54, 1.807) is 12.3 Å². The van der Waals surface area contributed by atoms with Gasteiger partial charge in [0, 0.05) is 17.2 Å². The molecule has 1 aromatic heterocycles. The summed E-state index contributed by atoms with van der Waals surface area (Å²) < 4.78 is 0.744. The van der Waals surface area contributed by atoms with Crippen LogP contribution in [0.25, 0.3) is 0 Å². The van der Waals surface area contributed by atoms with Crippen LogP contribution in [0.5, 0.6) is 0 Å². The number of rotatable bonds is 4. The molecule has 104 valence electrons. The molecule has 1 fully saturated rings. The molecule has 1 N–H and O–H groups in total. The zero-order valence-electron chi connectivity index (χ0n) is 11.2. The molecule has 1 saturated heterocycles. The minimum atomic E-state index is -0.0922. The SMILES string of the molecule is CCN1CCC(CNC(=O)c2ncccc2Br)CC1. The number of nitrogens with zero attached hydrogens (tertiary/aromatic N) is 2. The van der Waals surface area contributed by atoms with E-state index in [4.69, 9.17) is 0 Å². The van der Waals surface area contributed by atoms with Crippen molar-refractivity contribution >= 4 is 21.8 Å². The fraction of sp³-hybridized carbons (Fsp3) is 0.571. The smallest absolute Gasteiger partial charge is 0.271 e. The minimum absolute atomic E-state index is 0.0922. The molecule has 19 heavy (non-hydrogen) atoms. The molecule has 5 heteroatoms. The van der Waals surface area contributed by atoms with Crippen molar-refractivity contribution < 1.29 is 4.79 Å². The Morgan fingerprint density at radius 2 is 2.26 bits per heavy atom. The number of pyridine rings is 1. The van der Waals surface area contributed by atoms with Gasteiger partial charge in [0.2, 0.25) is 0 Å². The Labute approximate surface area is 122 Å². The number of likely N-dealkylation sites (tertiary alicyclic amines) is 1. The number of carbonyl (C=O) groups is 1. The highest BCUT2D eigenvalue weighted by atomic mass is 79.9. The first-order valence-corrected chi connectivity index (χ1v) is 7.61. The molecule has 0 saturated carbocycles. The molecule has 0 atom stereocenters. The van der Waals surface area contributed by atoms with E-state index in [0.717, 1.165) is 43.5 Å². The van der Waals surface area contributed by atoms with Gasteiger partial charge < -0.3 is 10.2 Å². The van der Waals surface area contributed by atoms with E-state index < -0.39 is 0 Å². The molecule has 1 aromatic rings. The number of aromatic nitrogens is 1. The second-order valence-corrected chi connectivity index (χ2v) is 5.78. The lowest BCUT2D eigenvalue weighted by Gasteiger charge is -2.31. The van der Waals surface area contributed by atoms with Crippen molar-refractivity contribution in [3.63, 3.8) is 0 Å². The molecule has 4 nitrogen and oxygen atoms in total. The molecule has 0 spiro atoms. The number of amides is 1. The van der Waals surface area contributed by atoms with Crippen molar-refractivity contribution in [2.75, 3.05) is 26.2 Å². The predicted octanol–water partition coefficient (Wildman–Crippen LogP) is 2.31. The van der Waals surface area contributed by atoms with Gasteiger partial charge >= 0.3 is 0 Å². The van der Waals surface area contributed by atoms with Gasteiger partial charge in [-0.25, -0.2) is 4.98 Å². The fourth-order valence-electron chi connectivity index (χ4n) is 2.38. The summed E-state index contributed by atoms with van der Waals surface area (Å²) in [5, 5.41) is 2.99. The maximum atomic E-state index is 12.0. The molecule has 0 bridgehead atoms. The maximum Gasteiger partial charge on any atom is 0.271 e. The summed E-state index contributed by atoms with van der Waals surface area (Å²) in [6.07, 6.45) is 3.97. The summed E-state index contributed by atoms with van der Waals surface area (Å²) in [5.41, 5.74) is 0.466. The van der Waals surface area contributed by atoms with E-state index in [0.29, 0.717) is 11.6 Å². The number of piperidine rings is 1. The second-order valence-electron chi connectivity index (χ2n) is 4.92. The van der Waals surface area contributed by atoms with Crippen molar-refractivity contribution in [2.45, 2.75) is 19.8 Å². The first kappa shape index (κ1) is 14.5. The molecule has 0 aromatic carbocycles. The van der Waals surface area contributed by atoms with Gasteiger partial charge in [0.25, 0.3) is 5.91 Å². The number of carbonyl (C=O) groups excluding carboxylic acids is 1. The molecule has 1 aliphatic rings. The summed E-state index contributed by atoms with van der Waals surface area (Å²) in [6, 6.07) is 3.64. The Balaban J connectivity index is 1.80. The molecular weight excluding hydrogens is 306 g/mol. The molecule has 1 aliphatic heterocycles. The highest BCUT2D eigenvalue weighted by Crippen LogP contribution is 2.17. The van der Waals surface area contributed by atoms with Crippen LogP contribution in [0, 0.1) is 5.92 Å². The number of hydrogen-bond acceptors (Lipinski definition) is 3. The van der Waals surface area contributed by atoms with Crippen molar-refractivity contribution in [1.82, 2.24) is 15.2 Å². The van der Waals surface area contributed by atoms with E-state index in [-0.39, 0.29) is 5.91 Å². The van der Waals surface area contributed by atoms with E-state index in [2.05, 4.69) is 38.1 Å². The maximum absolute atomic E-state index is 12.0. The molecule has 2 rings (SSSR count). The van der Waals surface area contributed by atoms with Crippen LogP contribution in [0.15, 0.2) is 22.8 Å². The molecule has 0 aliphatic carbocycles. The van der Waals surface area contributed by atoms with E-state index in [1.807, 2.05) is 6.07 Å². The van der Waals surface area contributed by atoms with E-state index in [1.165, 1.54) is 0 Å². The highest BCUT2D eigenvalue weighted by Gasteiger charge is 2.19. The lowest BCUT2D eigenvalue weighted by molar-refractivity contribution is 0.0931. The van der Waals surface area contributed by atoms with Crippen molar-refractivity contribution in [3.05, 3.63) is 28.5 Å². The zero-order valence-corrected chi connectivity index (χ0v) is 12.8. The largest absolute Gasteiger partial charge is 0.350 e. The van der Waals surface area contributed by atoms with E-state index >= 15 is 0 Å². The topological polar surface area (TPSA) is 45.2 Å². The Bertz CT molecular complexity index is 430. The van der Waals surface area contributed by atoms with Gasteiger partial charge in [-0.1, -0.05) is 6.92 Å². The Kier molecular flexibility index (Phi) is 5.34. The average Bonchev–Trinajstić information content (AvgIpc) is 2.46. The van der Waals surface area contributed by atoms with Crippen LogP contribution in [0.2, 0.25) is 0 Å². The van der Waals surface area contributed by atoms with Crippen LogP contribution >= 0.6 is 15.9 Å². The average molecular weight is 326 g/mol. The Morgan fingerprint density at radius 1 is 1.53 bits per heavy atom. The molecule has 2 heterocycles. The summed E-state index contributed by atoms with van der Waals surface area (Å²) >= 11 is 3.35. The summed E-state index contributed by atoms with van der Waals surface area (Å²) in [5.74, 6) is 0.500. The Hall–Kier alpha value is -0.940. The first-order chi connectivity index (χ1) is 9.20. The standard InChI is InChI=1S/C14H20BrN3O/c1-2-18-8-5-11(6-9-18)10-17-14(19)13-12(15)4-3-7-16-13/h3-4,7,11H,2,5-6,8-10H2,1H3,(H,17,19). The molecule has 0 unspecified atom stereocenters. The summed E-state index contributed by atoms with van der Waals surface area (Å²) in [4.78, 5) is 18.6. The quantitative estimate of drug-likeness (QED) is 0.923. The van der Waals surface area contributed by atoms with Crippen LogP contribution in [-0.2, 0) is 0 Å². The lowest BCUT2D eigenvalue weighted by atomic mass is 9.97. The van der Waals surface area contributed by atoms with Crippen LogP contribution < -0.4 is 5.32 Å². The highest BCUT2D eigenvalue weighted by molar-refractivity contribution is 9.10. The second kappa shape index (κ2) is 7.01. The van der Waals surface area contributed by atoms with Gasteiger partial charge in [-0.3, -0.25) is 4.79 Å². The number of hydrogen-bond donors (Lipinski definition) is 1. The van der Waals surface area contributed by atoms with Crippen LogP contribution in [0.3, 0.4) is 0 Å². The normalized spacial score (nSPS) is 17.4. The molecular formula is C14H20BrN3O. The van der Waals surface area contributed by atoms with Crippen molar-refractivity contribution in [1.29, 1.82) is 0 Å². The first-order valence-electron chi connectivity index (χ1n) is 6.81. The third-order valence-electron chi connectivity index (χ3n) is 3.68. The van der Waals surface area contributed by atoms with E-state index in [9.17, 15) is 4.79 Å². The molecule has 0 radical (unpaired) electrons. The number of halogens is 1. The van der Waals surface area contributed by atoms with Crippen molar-refractivity contribution in [3.8, 4) is 0 Å². The van der Waals surface area contributed by atoms with Crippen LogP contribution in [0.4, 0.5) is 0 Å². The fourth-order valence-corrected chi connectivity index (χ4v) is 2.82. The van der Waals surface area contributed by atoms with Gasteiger partial charge in [0.1, 0.15) is 5.69 Å². The predicted molar refractivity (Wildman–Crippen MR) is 79.1 cm³/mol. The van der Waals surface area contributed by atoms with Gasteiger partial charge in [-0.2, -0.15) is 0 Å². The monoisotopic (exact) mass is 325 g/mol. The number of nitrogens with one attached hydrogen (secondary N) is 1. The third-order valence-corrected chi connectivity index (χ3v) is 4.32. The van der Waals surface area contributed by atoms with Crippen LogP contribution in [-0.4, -0.2) is 42.0 Å². The van der Waals surface area contributed by atoms with Gasteiger partial charge in [-0.15, -0.1) is 0 Å². The third kappa shape index (κ3) is 4.01. The molecule has 1 amide bonds. The summed E-state index contributed by atoms with van der Waals surface area (Å²) in [6.45, 7) is 6.36. The zero-order chi connectivity index (χ0) is 13.7. The van der Waals surface area contributed by atoms with Gasteiger partial charge in [-0.05, 0) is 66.5 Å². The van der Waals surface area contributed by atoms with Crippen molar-refractivity contribution in [2.24, 2.45) is 5.92 Å². The van der Waals surface area contributed by atoms with Gasteiger partial charge in [0.15, 0.2) is 0 Å². The summed E-state index contributed by atoms with van der Waals surface area (Å²) in [7, 11) is 0. The lowest BCUT2D eigenvalue weighted by Crippen LogP contribution is -2.38. The van der Waals surface area contributed by atoms with Crippen LogP contribution in [0.1, 0.15) is 30.3 Å². The minimum Gasteiger partial charge on any atom is -0.350 e. The Morgan fingerprint density at radius 3 is 2.89 bits per heavy atom. The van der Waals surface area contributed by atoms with Gasteiger partial charge in [0.05, 0.1) is 0 Å².